The minimum Gasteiger partial charge on any atom is -0.491 e. The highest BCUT2D eigenvalue weighted by Gasteiger charge is 2.49. The molecule has 3 amide bonds. The van der Waals surface area contributed by atoms with E-state index in [1.807, 2.05) is 6.07 Å². The SMILES string of the molecule is C[C@]1(c2ccc(OC(F)F)cc2)NC(=O)N(C[C@H](O)COc2ccc(CC#N)cc2)C1=O. The van der Waals surface area contributed by atoms with Crippen molar-refractivity contribution in [2.75, 3.05) is 13.2 Å². The number of hydrogen-bond donors (Lipinski definition) is 2. The van der Waals surface area contributed by atoms with Gasteiger partial charge in [0.25, 0.3) is 5.91 Å². The molecule has 1 fully saturated rings. The number of nitrogens with one attached hydrogen (secondary N) is 1. The summed E-state index contributed by atoms with van der Waals surface area (Å²) in [5.74, 6) is -0.196. The van der Waals surface area contributed by atoms with E-state index in [0.717, 1.165) is 10.5 Å². The predicted molar refractivity (Wildman–Crippen MR) is 108 cm³/mol. The van der Waals surface area contributed by atoms with E-state index in [2.05, 4.69) is 10.1 Å². The first kappa shape index (κ1) is 23.0. The highest BCUT2D eigenvalue weighted by molar-refractivity contribution is 6.07. The summed E-state index contributed by atoms with van der Waals surface area (Å²) in [6.45, 7) is -1.94. The van der Waals surface area contributed by atoms with Gasteiger partial charge in [-0.1, -0.05) is 24.3 Å². The number of aliphatic hydroxyl groups excluding tert-OH is 1. The number of carbonyl (C=O) groups excluding carboxylic acids is 2. The van der Waals surface area contributed by atoms with Crippen LogP contribution >= 0.6 is 0 Å². The van der Waals surface area contributed by atoms with E-state index in [-0.39, 0.29) is 25.3 Å². The number of amides is 3. The first-order valence-corrected chi connectivity index (χ1v) is 9.69. The van der Waals surface area contributed by atoms with Gasteiger partial charge in [0.1, 0.15) is 29.7 Å². The first-order chi connectivity index (χ1) is 15.2. The van der Waals surface area contributed by atoms with E-state index in [9.17, 15) is 23.5 Å². The second-order valence-corrected chi connectivity index (χ2v) is 7.32. The van der Waals surface area contributed by atoms with Gasteiger partial charge >= 0.3 is 12.6 Å². The zero-order chi connectivity index (χ0) is 23.3. The summed E-state index contributed by atoms with van der Waals surface area (Å²) < 4.78 is 34.4. The van der Waals surface area contributed by atoms with Gasteiger partial charge in [0, 0.05) is 0 Å². The molecule has 2 aromatic rings. The van der Waals surface area contributed by atoms with Crippen LogP contribution in [0.4, 0.5) is 13.6 Å². The number of β-amino-alcohol motifs (C(OH)–C–C–N with tert-alkyl or cyclic N) is 1. The summed E-state index contributed by atoms with van der Waals surface area (Å²) in [7, 11) is 0. The summed E-state index contributed by atoms with van der Waals surface area (Å²) in [6, 6.07) is 13.5. The molecular weight excluding hydrogens is 424 g/mol. The second-order valence-electron chi connectivity index (χ2n) is 7.32. The minimum absolute atomic E-state index is 0.0748. The van der Waals surface area contributed by atoms with Crippen LogP contribution in [0.2, 0.25) is 0 Å². The predicted octanol–water partition coefficient (Wildman–Crippen LogP) is 2.56. The molecule has 0 spiro atoms. The summed E-state index contributed by atoms with van der Waals surface area (Å²) in [5, 5.41) is 21.5. The normalized spacial score (nSPS) is 18.9. The highest BCUT2D eigenvalue weighted by atomic mass is 19.3. The van der Waals surface area contributed by atoms with Crippen molar-refractivity contribution in [3.8, 4) is 17.6 Å². The molecule has 1 aliphatic heterocycles. The van der Waals surface area contributed by atoms with Crippen LogP contribution in [0.1, 0.15) is 18.1 Å². The van der Waals surface area contributed by atoms with Crippen LogP contribution in [0.25, 0.3) is 0 Å². The van der Waals surface area contributed by atoms with Crippen molar-refractivity contribution < 1.29 is 33.0 Å². The highest BCUT2D eigenvalue weighted by Crippen LogP contribution is 2.30. The Morgan fingerprint density at radius 2 is 1.75 bits per heavy atom. The van der Waals surface area contributed by atoms with Gasteiger partial charge in [-0.15, -0.1) is 0 Å². The van der Waals surface area contributed by atoms with Gasteiger partial charge in [-0.05, 0) is 42.3 Å². The van der Waals surface area contributed by atoms with Crippen LogP contribution in [-0.2, 0) is 16.8 Å². The maximum Gasteiger partial charge on any atom is 0.387 e. The topological polar surface area (TPSA) is 112 Å². The van der Waals surface area contributed by atoms with Crippen LogP contribution in [0.15, 0.2) is 48.5 Å². The number of nitriles is 1. The lowest BCUT2D eigenvalue weighted by Crippen LogP contribution is -2.42. The number of rotatable bonds is 9. The van der Waals surface area contributed by atoms with Crippen LogP contribution in [0.5, 0.6) is 11.5 Å². The number of imide groups is 1. The van der Waals surface area contributed by atoms with Gasteiger partial charge in [0.15, 0.2) is 0 Å². The Bertz CT molecular complexity index is 1010. The Morgan fingerprint density at radius 1 is 1.12 bits per heavy atom. The molecule has 10 heteroatoms. The van der Waals surface area contributed by atoms with Gasteiger partial charge in [0.2, 0.25) is 0 Å². The third-order valence-electron chi connectivity index (χ3n) is 4.97. The summed E-state index contributed by atoms with van der Waals surface area (Å²) in [4.78, 5) is 26.2. The Labute approximate surface area is 183 Å². The van der Waals surface area contributed by atoms with Crippen molar-refractivity contribution >= 4 is 11.9 Å². The Balaban J connectivity index is 1.60. The van der Waals surface area contributed by atoms with Crippen LogP contribution in [0, 0.1) is 11.3 Å². The van der Waals surface area contributed by atoms with Crippen molar-refractivity contribution in [2.24, 2.45) is 0 Å². The number of urea groups is 1. The number of aliphatic hydroxyl groups is 1. The molecule has 0 aromatic heterocycles. The van der Waals surface area contributed by atoms with E-state index in [1.165, 1.54) is 31.2 Å². The third-order valence-corrected chi connectivity index (χ3v) is 4.97. The van der Waals surface area contributed by atoms with Crippen molar-refractivity contribution in [3.63, 3.8) is 0 Å². The molecule has 0 unspecified atom stereocenters. The number of ether oxygens (including phenoxy) is 2. The molecule has 2 atom stereocenters. The Hall–Kier alpha value is -3.71. The van der Waals surface area contributed by atoms with E-state index in [4.69, 9.17) is 10.00 Å². The second kappa shape index (κ2) is 9.62. The lowest BCUT2D eigenvalue weighted by Gasteiger charge is -2.23. The minimum atomic E-state index is -2.97. The molecule has 0 saturated carbocycles. The van der Waals surface area contributed by atoms with Gasteiger partial charge in [-0.3, -0.25) is 9.69 Å². The van der Waals surface area contributed by atoms with Crippen molar-refractivity contribution in [2.45, 2.75) is 31.6 Å². The average molecular weight is 445 g/mol. The molecule has 1 saturated heterocycles. The van der Waals surface area contributed by atoms with Gasteiger partial charge in [-0.2, -0.15) is 14.0 Å². The Morgan fingerprint density at radius 3 is 2.34 bits per heavy atom. The van der Waals surface area contributed by atoms with E-state index >= 15 is 0 Å². The largest absolute Gasteiger partial charge is 0.491 e. The molecule has 1 heterocycles. The van der Waals surface area contributed by atoms with Crippen LogP contribution < -0.4 is 14.8 Å². The zero-order valence-corrected chi connectivity index (χ0v) is 17.1. The van der Waals surface area contributed by atoms with E-state index in [0.29, 0.717) is 11.3 Å². The smallest absolute Gasteiger partial charge is 0.387 e. The van der Waals surface area contributed by atoms with Crippen molar-refractivity contribution in [1.82, 2.24) is 10.2 Å². The fourth-order valence-corrected chi connectivity index (χ4v) is 3.28. The maximum atomic E-state index is 12.9. The molecule has 0 radical (unpaired) electrons. The van der Waals surface area contributed by atoms with Crippen molar-refractivity contribution in [3.05, 3.63) is 59.7 Å². The molecular formula is C22H21F2N3O5. The summed E-state index contributed by atoms with van der Waals surface area (Å²) >= 11 is 0. The fraction of sp³-hybridized carbons (Fsp3) is 0.318. The average Bonchev–Trinajstić information content (AvgIpc) is 2.97. The number of alkyl halides is 2. The lowest BCUT2D eigenvalue weighted by atomic mass is 9.92. The number of halogens is 2. The van der Waals surface area contributed by atoms with Gasteiger partial charge < -0.3 is 19.9 Å². The monoisotopic (exact) mass is 445 g/mol. The molecule has 168 valence electrons. The number of carbonyl (C=O) groups is 2. The lowest BCUT2D eigenvalue weighted by molar-refractivity contribution is -0.132. The number of hydrogen-bond acceptors (Lipinski definition) is 6. The molecule has 2 N–H and O–H groups in total. The molecule has 1 aliphatic rings. The number of nitrogens with zero attached hydrogens (tertiary/aromatic N) is 2. The quantitative estimate of drug-likeness (QED) is 0.574. The van der Waals surface area contributed by atoms with Gasteiger partial charge in [-0.25, -0.2) is 4.79 Å². The summed E-state index contributed by atoms with van der Waals surface area (Å²) in [6.07, 6.45) is -0.872. The molecule has 0 bridgehead atoms. The number of benzene rings is 2. The molecule has 2 aromatic carbocycles. The standard InChI is InChI=1S/C22H21F2N3O5/c1-22(15-4-8-18(9-5-15)32-20(23)24)19(29)27(21(30)26-22)12-16(28)13-31-17-6-2-14(3-7-17)10-11-25/h2-9,16,20,28H,10,12-13H2,1H3,(H,26,30)/t16-,22+/m0/s1. The van der Waals surface area contributed by atoms with Crippen LogP contribution in [-0.4, -0.2) is 47.8 Å². The zero-order valence-electron chi connectivity index (χ0n) is 17.1. The third kappa shape index (κ3) is 5.12. The fourth-order valence-electron chi connectivity index (χ4n) is 3.28. The molecule has 32 heavy (non-hydrogen) atoms. The maximum absolute atomic E-state index is 12.9. The van der Waals surface area contributed by atoms with Crippen molar-refractivity contribution in [1.29, 1.82) is 5.26 Å². The molecule has 3 rings (SSSR count). The molecule has 0 aliphatic carbocycles. The van der Waals surface area contributed by atoms with Crippen LogP contribution in [0.3, 0.4) is 0 Å². The Kier molecular flexibility index (Phi) is 6.90. The van der Waals surface area contributed by atoms with Gasteiger partial charge in [0.05, 0.1) is 19.0 Å². The van der Waals surface area contributed by atoms with E-state index < -0.39 is 30.2 Å². The van der Waals surface area contributed by atoms with E-state index in [1.54, 1.807) is 24.3 Å². The summed E-state index contributed by atoms with van der Waals surface area (Å²) in [5.41, 5.74) is -0.214. The molecule has 8 nitrogen and oxygen atoms in total. The first-order valence-electron chi connectivity index (χ1n) is 9.69.